The quantitative estimate of drug-likeness (QED) is 0.0302. The molecule has 0 amide bonds. The number of anilines is 2. The summed E-state index contributed by atoms with van der Waals surface area (Å²) in [6.07, 6.45) is 13.2. The van der Waals surface area contributed by atoms with Gasteiger partial charge in [0.2, 0.25) is 0 Å². The molecule has 9 unspecified atom stereocenters. The Bertz CT molecular complexity index is 4700. The molecule has 9 aromatic rings. The van der Waals surface area contributed by atoms with Crippen LogP contribution in [0.1, 0.15) is 103 Å². The molecule has 0 spiro atoms. The number of hydrogen-bond donors (Lipinski definition) is 11. The third-order valence-electron chi connectivity index (χ3n) is 15.2. The molecule has 107 heavy (non-hydrogen) atoms. The molecule has 6 aromatic heterocycles. The van der Waals surface area contributed by atoms with E-state index in [-0.39, 0.29) is 75.9 Å². The number of hydrogen-bond acceptors (Lipinski definition) is 30. The van der Waals surface area contributed by atoms with E-state index in [0.29, 0.717) is 90.2 Å². The number of halogens is 2. The van der Waals surface area contributed by atoms with E-state index in [4.69, 9.17) is 44.5 Å². The molecule has 3 aromatic carbocycles. The van der Waals surface area contributed by atoms with Gasteiger partial charge in [0, 0.05) is 128 Å². The average Bonchev–Trinajstić information content (AvgIpc) is 1.65. The minimum Gasteiger partial charge on any atom is -0.396 e. The van der Waals surface area contributed by atoms with Crippen molar-refractivity contribution in [2.75, 3.05) is 50.1 Å². The van der Waals surface area contributed by atoms with Gasteiger partial charge in [0.25, 0.3) is 9.24 Å². The van der Waals surface area contributed by atoms with E-state index >= 15 is 0 Å². The highest BCUT2D eigenvalue weighted by atomic mass is 35.7. The number of nitrogens with two attached hydrogens (primary N) is 3. The molecule has 12 rings (SSSR count). The Labute approximate surface area is 653 Å². The molecule has 3 saturated carbocycles. The van der Waals surface area contributed by atoms with Crippen LogP contribution in [-0.2, 0) is 101 Å². The summed E-state index contributed by atoms with van der Waals surface area (Å²) in [6.45, 7) is 6.50. The van der Waals surface area contributed by atoms with Crippen LogP contribution in [0.5, 0.6) is 0 Å². The van der Waals surface area contributed by atoms with Crippen molar-refractivity contribution in [2.45, 2.75) is 122 Å². The Balaban J connectivity index is 0.000000678. The number of benzene rings is 3. The first-order valence-electron chi connectivity index (χ1n) is 31.7. The fourth-order valence-electron chi connectivity index (χ4n) is 10.7. The number of aliphatic hydroxyl groups is 5. The minimum atomic E-state index is -4.05. The van der Waals surface area contributed by atoms with Gasteiger partial charge in [0.05, 0.1) is 55.2 Å². The summed E-state index contributed by atoms with van der Waals surface area (Å²) in [5.74, 6) is 7.71. The van der Waals surface area contributed by atoms with Gasteiger partial charge < -0.3 is 48.1 Å². The predicted molar refractivity (Wildman–Crippen MR) is 429 cm³/mol. The lowest BCUT2D eigenvalue weighted by atomic mass is 10.1. The molecule has 0 radical (unpaired) electrons. The van der Waals surface area contributed by atoms with Crippen molar-refractivity contribution in [3.05, 3.63) is 132 Å². The van der Waals surface area contributed by atoms with E-state index in [9.17, 15) is 37.3 Å². The van der Waals surface area contributed by atoms with Gasteiger partial charge >= 0.3 is 10.3 Å². The molecule has 3 aliphatic rings. The van der Waals surface area contributed by atoms with Crippen molar-refractivity contribution in [3.63, 3.8) is 0 Å². The van der Waals surface area contributed by atoms with Crippen LogP contribution in [0.25, 0.3) is 33.5 Å². The molecule has 0 saturated heterocycles. The zero-order chi connectivity index (χ0) is 77.2. The first kappa shape index (κ1) is 95.3. The van der Waals surface area contributed by atoms with Crippen LogP contribution in [0, 0.1) is 64.6 Å². The van der Waals surface area contributed by atoms with Gasteiger partial charge in [-0.2, -0.15) is 27.4 Å². The summed E-state index contributed by atoms with van der Waals surface area (Å²) in [5, 5.41) is 104. The number of nitrogens with zero attached hydrogens (tertiary/aromatic N) is 17. The van der Waals surface area contributed by atoms with Crippen molar-refractivity contribution in [2.24, 2.45) is 33.8 Å². The van der Waals surface area contributed by atoms with E-state index in [1.807, 2.05) is 54.6 Å². The number of aliphatic hydroxyl groups excluding tert-OH is 5. The maximum Gasteiger partial charge on any atom is 0.333 e. The smallest absolute Gasteiger partial charge is 0.333 e. The second-order valence-electron chi connectivity index (χ2n) is 22.3. The second kappa shape index (κ2) is 52.3. The highest BCUT2D eigenvalue weighted by Crippen LogP contribution is 2.39. The van der Waals surface area contributed by atoms with E-state index in [1.54, 1.807) is 33.1 Å². The summed E-state index contributed by atoms with van der Waals surface area (Å²) in [5.41, 5.74) is 12.5. The normalized spacial score (nSPS) is 18.4. The first-order chi connectivity index (χ1) is 50.5. The van der Waals surface area contributed by atoms with Crippen molar-refractivity contribution in [1.29, 1.82) is 10.5 Å². The molecule has 3 aliphatic carbocycles. The highest BCUT2D eigenvalue weighted by molar-refractivity contribution is 8.64. The van der Waals surface area contributed by atoms with E-state index in [0.717, 1.165) is 32.4 Å². The van der Waals surface area contributed by atoms with E-state index in [2.05, 4.69) is 168 Å². The maximum atomic E-state index is 11.0. The zero-order valence-corrected chi connectivity index (χ0v) is 65.7. The summed E-state index contributed by atoms with van der Waals surface area (Å²) in [7, 11) is 2.17. The van der Waals surface area contributed by atoms with Crippen LogP contribution in [0.15, 0.2) is 110 Å². The number of terminal acetylenes is 1. The number of aromatic nitrogens is 15. The Morgan fingerprint density at radius 3 is 1.26 bits per heavy atom. The standard InChI is InChI=1S/C18H23N7O4S.C18H22N6O2.C10H12ClN5O2.C8H11N.C5H4.2C2H3N.CH4.ClH2NO2S.H3N.S6.H2/c19-30(27,28)29-10-13-8-14(9-15(13)26)25-18-16(23-24-25)17(21-11-22-18)20-7-6-12-4-2-1-3-5-12;25-10-13-8-14(9-15(13)26)24-18-16(22-23-24)17(20-11-21-18)19-7-6-12-4-2-1-3-5-12;11-9-8-10(13-4-12-9)16(15-14-8)6-1-5(3-17)7(18)2-6;9-7-6-8-4-2-1-3-5-8;1-3-5-4-2;2*1-2-3;;1-5(2,3)4;;1-3-5-6-4-2;/h1-5,11,13-15,26H,6-10H2,(H2,19,27,28)(H,20,21,22);1-5,11,13-15,25-26H,6-10H2,(H,19,20,21);4-7,17-18H,1-3H2;1-5H,6-7,9H2;1H,2H3;2*1H3;1H4;(H2,2,3,4);1H3;;1H. The van der Waals surface area contributed by atoms with Gasteiger partial charge in [-0.05, 0) is 99.8 Å². The van der Waals surface area contributed by atoms with E-state index < -0.39 is 37.9 Å². The van der Waals surface area contributed by atoms with Crippen molar-refractivity contribution < 1.29 is 48.0 Å². The molecule has 582 valence electrons. The van der Waals surface area contributed by atoms with Crippen molar-refractivity contribution in [3.8, 4) is 36.3 Å². The molecular weight excluding hydrogens is 1580 g/mol. The molecule has 0 aliphatic heterocycles. The SMILES string of the molecule is C.C#CC#CC.CC#N.CC#N.N.NCCc1ccccc1.NS(=O)(=O)Cl.NS(=O)(=O)OCC1CC(n2nnc3c(NCCc4ccccc4)ncnc32)CC1O.OCC1CC(n2nnc3c(Cl)ncnc32)CC1O.OCC1CC(n2nnc3c(NCCc4ccccc4)ncnc32)CC1O.S=S=S=S=S=S.[HH]. The van der Waals surface area contributed by atoms with Gasteiger partial charge in [-0.3, -0.25) is 4.18 Å². The Morgan fingerprint density at radius 1 is 0.607 bits per heavy atom. The molecular formula is C64H89Cl2N23O10S8. The monoisotopic (exact) mass is 1670 g/mol. The molecule has 3 fully saturated rings. The second-order valence-corrected chi connectivity index (χ2v) is 33.2. The number of nitriles is 2. The number of rotatable bonds is 18. The van der Waals surface area contributed by atoms with Crippen molar-refractivity contribution >= 4 is 145 Å². The molecule has 0 bridgehead atoms. The van der Waals surface area contributed by atoms with Gasteiger partial charge in [-0.25, -0.2) is 54.2 Å². The van der Waals surface area contributed by atoms with Gasteiger partial charge in [0.1, 0.15) is 19.0 Å². The summed E-state index contributed by atoms with van der Waals surface area (Å²) in [4.78, 5) is 25.2. The zero-order valence-electron chi connectivity index (χ0n) is 57.6. The fraction of sp³-hybridized carbons (Fsp3) is 0.438. The highest BCUT2D eigenvalue weighted by Gasteiger charge is 2.38. The predicted octanol–water partition coefficient (Wildman–Crippen LogP) is 5.12. The molecule has 33 nitrogen and oxygen atoms in total. The fourth-order valence-corrected chi connectivity index (χ4v) is 16.7. The minimum absolute atomic E-state index is 0. The van der Waals surface area contributed by atoms with Crippen LogP contribution in [0.3, 0.4) is 0 Å². The molecule has 6 heterocycles. The van der Waals surface area contributed by atoms with Crippen molar-refractivity contribution in [1.82, 2.24) is 81.0 Å². The summed E-state index contributed by atoms with van der Waals surface area (Å²) < 4.78 is 50.1. The maximum absolute atomic E-state index is 11.0. The molecule has 43 heteroatoms. The van der Waals surface area contributed by atoms with Crippen LogP contribution >= 0.6 is 22.3 Å². The van der Waals surface area contributed by atoms with Crippen LogP contribution in [0.4, 0.5) is 11.6 Å². The lowest BCUT2D eigenvalue weighted by Crippen LogP contribution is -2.24. The van der Waals surface area contributed by atoms with Crippen LogP contribution < -0.4 is 32.8 Å². The average molecular weight is 1670 g/mol. The Hall–Kier alpha value is -7.80. The third-order valence-corrected chi connectivity index (χ3v) is 22.7. The first-order valence-corrected chi connectivity index (χ1v) is 42.5. The third kappa shape index (κ3) is 34.1. The van der Waals surface area contributed by atoms with Crippen LogP contribution in [-0.4, -0.2) is 175 Å². The number of fused-ring (bicyclic) bond motifs is 3. The topological polar surface area (TPSA) is 533 Å². The molecule has 9 atom stereocenters. The molecule has 16 N–H and O–H groups in total. The van der Waals surface area contributed by atoms with Gasteiger partial charge in [-0.15, -0.1) is 21.7 Å². The van der Waals surface area contributed by atoms with E-state index in [1.165, 1.54) is 85.0 Å². The Morgan fingerprint density at radius 2 is 0.944 bits per heavy atom. The van der Waals surface area contributed by atoms with Gasteiger partial charge in [-0.1, -0.05) is 132 Å². The van der Waals surface area contributed by atoms with Crippen LogP contribution in [0.2, 0.25) is 5.15 Å². The lowest BCUT2D eigenvalue weighted by molar-refractivity contribution is 0.0901. The number of nitrogens with one attached hydrogen (secondary N) is 2. The lowest BCUT2D eigenvalue weighted by Gasteiger charge is -2.12. The summed E-state index contributed by atoms with van der Waals surface area (Å²) >= 11 is 14.9. The Kier molecular flexibility index (Phi) is 46.6. The van der Waals surface area contributed by atoms with Gasteiger partial charge in [0.15, 0.2) is 50.3 Å². The summed E-state index contributed by atoms with van der Waals surface area (Å²) in [6, 6.07) is 33.9. The largest absolute Gasteiger partial charge is 0.396 e.